The van der Waals surface area contributed by atoms with Crippen molar-refractivity contribution in [3.05, 3.63) is 11.0 Å². The molecule has 0 aromatic rings. The van der Waals surface area contributed by atoms with Crippen molar-refractivity contribution >= 4 is 17.3 Å². The first-order chi connectivity index (χ1) is 5.35. The molecule has 0 fully saturated rings. The molecule has 64 valence electrons. The Balaban J connectivity index is 3.61. The highest BCUT2D eigenvalue weighted by Gasteiger charge is 1.91. The largest absolute Gasteiger partial charge is 0.396 e. The van der Waals surface area contributed by atoms with Gasteiger partial charge in [-0.05, 0) is 18.8 Å². The van der Waals surface area contributed by atoms with Gasteiger partial charge in [-0.2, -0.15) is 0 Å². The molecule has 0 aliphatic rings. The Bertz CT molecular complexity index is 143. The summed E-state index contributed by atoms with van der Waals surface area (Å²) in [6.45, 7) is 5.01. The number of thioether (sulfide) groups is 1. The molecular formula is C8H15NOS. The van der Waals surface area contributed by atoms with E-state index in [2.05, 4.69) is 4.99 Å². The molecule has 1 N–H and O–H groups in total. The number of hydrogen-bond donors (Lipinski definition) is 1. The maximum atomic E-state index is 8.63. The van der Waals surface area contributed by atoms with E-state index in [0.29, 0.717) is 0 Å². The molecule has 0 saturated heterocycles. The average molecular weight is 173 g/mol. The molecule has 0 spiro atoms. The summed E-state index contributed by atoms with van der Waals surface area (Å²) in [5.74, 6) is 0. The van der Waals surface area contributed by atoms with Gasteiger partial charge in [0.25, 0.3) is 0 Å². The van der Waals surface area contributed by atoms with Gasteiger partial charge in [0, 0.05) is 19.6 Å². The van der Waals surface area contributed by atoms with E-state index in [-0.39, 0.29) is 6.61 Å². The fourth-order valence-electron chi connectivity index (χ4n) is 0.561. The number of aliphatic imine (C=N–C) groups is 1. The van der Waals surface area contributed by atoms with Crippen molar-refractivity contribution in [1.82, 2.24) is 0 Å². The SMILES string of the molecule is C/C=C(\CCO)S/C=N/CC. The average Bonchev–Trinajstić information content (AvgIpc) is 2.03. The smallest absolute Gasteiger partial charge is 0.0585 e. The first kappa shape index (κ1) is 10.7. The molecule has 0 unspecified atom stereocenters. The lowest BCUT2D eigenvalue weighted by atomic mass is 10.4. The van der Waals surface area contributed by atoms with Gasteiger partial charge in [-0.25, -0.2) is 0 Å². The van der Waals surface area contributed by atoms with Crippen LogP contribution in [0.1, 0.15) is 20.3 Å². The molecule has 0 amide bonds. The van der Waals surface area contributed by atoms with Crippen molar-refractivity contribution in [2.24, 2.45) is 4.99 Å². The van der Waals surface area contributed by atoms with Crippen molar-refractivity contribution < 1.29 is 5.11 Å². The van der Waals surface area contributed by atoms with Crippen LogP contribution in [0.4, 0.5) is 0 Å². The van der Waals surface area contributed by atoms with Crippen LogP contribution in [0, 0.1) is 0 Å². The highest BCUT2D eigenvalue weighted by molar-refractivity contribution is 8.15. The van der Waals surface area contributed by atoms with Crippen LogP contribution in [0.5, 0.6) is 0 Å². The Morgan fingerprint density at radius 1 is 1.64 bits per heavy atom. The molecule has 0 aliphatic heterocycles. The molecule has 0 rings (SSSR count). The van der Waals surface area contributed by atoms with Gasteiger partial charge in [0.1, 0.15) is 0 Å². The van der Waals surface area contributed by atoms with Gasteiger partial charge in [0.15, 0.2) is 0 Å². The van der Waals surface area contributed by atoms with E-state index in [1.807, 2.05) is 25.5 Å². The van der Waals surface area contributed by atoms with Gasteiger partial charge in [-0.15, -0.1) is 0 Å². The predicted octanol–water partition coefficient (Wildman–Crippen LogP) is 2.05. The minimum Gasteiger partial charge on any atom is -0.396 e. The zero-order valence-electron chi connectivity index (χ0n) is 7.08. The zero-order chi connectivity index (χ0) is 8.53. The summed E-state index contributed by atoms with van der Waals surface area (Å²) in [6.07, 6.45) is 2.74. The fourth-order valence-corrected chi connectivity index (χ4v) is 1.27. The minimum absolute atomic E-state index is 0.215. The summed E-state index contributed by atoms with van der Waals surface area (Å²) in [5, 5.41) is 8.63. The Kier molecular flexibility index (Phi) is 7.62. The van der Waals surface area contributed by atoms with Crippen LogP contribution in [0.15, 0.2) is 16.0 Å². The van der Waals surface area contributed by atoms with E-state index in [0.717, 1.165) is 13.0 Å². The summed E-state index contributed by atoms with van der Waals surface area (Å²) >= 11 is 1.58. The van der Waals surface area contributed by atoms with E-state index in [1.165, 1.54) is 4.91 Å². The van der Waals surface area contributed by atoms with Gasteiger partial charge >= 0.3 is 0 Å². The van der Waals surface area contributed by atoms with Crippen LogP contribution in [0.25, 0.3) is 0 Å². The van der Waals surface area contributed by atoms with Gasteiger partial charge in [0.2, 0.25) is 0 Å². The Morgan fingerprint density at radius 3 is 2.82 bits per heavy atom. The van der Waals surface area contributed by atoms with E-state index in [1.54, 1.807) is 11.8 Å². The second kappa shape index (κ2) is 7.82. The van der Waals surface area contributed by atoms with E-state index < -0.39 is 0 Å². The summed E-state index contributed by atoms with van der Waals surface area (Å²) in [7, 11) is 0. The van der Waals surface area contributed by atoms with Crippen LogP contribution in [-0.2, 0) is 0 Å². The van der Waals surface area contributed by atoms with Gasteiger partial charge in [0.05, 0.1) is 5.55 Å². The molecule has 11 heavy (non-hydrogen) atoms. The number of aliphatic hydroxyl groups is 1. The lowest BCUT2D eigenvalue weighted by Crippen LogP contribution is -1.84. The number of rotatable bonds is 5. The van der Waals surface area contributed by atoms with Gasteiger partial charge < -0.3 is 5.11 Å². The van der Waals surface area contributed by atoms with Crippen molar-refractivity contribution in [3.8, 4) is 0 Å². The minimum atomic E-state index is 0.215. The zero-order valence-corrected chi connectivity index (χ0v) is 7.90. The molecular weight excluding hydrogens is 158 g/mol. The van der Waals surface area contributed by atoms with E-state index in [4.69, 9.17) is 5.11 Å². The van der Waals surface area contributed by atoms with Gasteiger partial charge in [-0.3, -0.25) is 4.99 Å². The van der Waals surface area contributed by atoms with Crippen molar-refractivity contribution in [1.29, 1.82) is 0 Å². The number of hydrogen-bond acceptors (Lipinski definition) is 3. The molecule has 3 heteroatoms. The van der Waals surface area contributed by atoms with E-state index in [9.17, 15) is 0 Å². The predicted molar refractivity (Wildman–Crippen MR) is 52.1 cm³/mol. The monoisotopic (exact) mass is 173 g/mol. The summed E-state index contributed by atoms with van der Waals surface area (Å²) in [5.41, 5.74) is 1.82. The topological polar surface area (TPSA) is 32.6 Å². The molecule has 0 aromatic carbocycles. The van der Waals surface area contributed by atoms with Crippen LogP contribution in [0.2, 0.25) is 0 Å². The lowest BCUT2D eigenvalue weighted by Gasteiger charge is -1.97. The Hall–Kier alpha value is -0.280. The Morgan fingerprint density at radius 2 is 2.36 bits per heavy atom. The first-order valence-electron chi connectivity index (χ1n) is 3.76. The van der Waals surface area contributed by atoms with Crippen LogP contribution in [-0.4, -0.2) is 23.8 Å². The van der Waals surface area contributed by atoms with Crippen LogP contribution >= 0.6 is 11.8 Å². The van der Waals surface area contributed by atoms with E-state index >= 15 is 0 Å². The third-order valence-corrected chi connectivity index (χ3v) is 2.14. The fraction of sp³-hybridized carbons (Fsp3) is 0.625. The quantitative estimate of drug-likeness (QED) is 0.510. The lowest BCUT2D eigenvalue weighted by molar-refractivity contribution is 0.301. The second-order valence-corrected chi connectivity index (χ2v) is 2.92. The van der Waals surface area contributed by atoms with Crippen molar-refractivity contribution in [3.63, 3.8) is 0 Å². The molecule has 0 heterocycles. The number of allylic oxidation sites excluding steroid dienone is 1. The highest BCUT2D eigenvalue weighted by Crippen LogP contribution is 2.15. The first-order valence-corrected chi connectivity index (χ1v) is 4.64. The van der Waals surface area contributed by atoms with Crippen molar-refractivity contribution in [2.75, 3.05) is 13.2 Å². The third kappa shape index (κ3) is 6.13. The standard InChI is InChI=1S/C8H15NOS/c1-3-8(5-6-10)11-7-9-4-2/h3,7,10H,4-6H2,1-2H3/b8-3+,9-7+. The maximum absolute atomic E-state index is 8.63. The second-order valence-electron chi connectivity index (χ2n) is 1.95. The van der Waals surface area contributed by atoms with Crippen molar-refractivity contribution in [2.45, 2.75) is 20.3 Å². The molecule has 0 bridgehead atoms. The van der Waals surface area contributed by atoms with Gasteiger partial charge in [-0.1, -0.05) is 17.8 Å². The molecule has 0 atom stereocenters. The number of aliphatic hydroxyl groups excluding tert-OH is 1. The summed E-state index contributed by atoms with van der Waals surface area (Å²) in [4.78, 5) is 5.23. The van der Waals surface area contributed by atoms with Crippen LogP contribution in [0.3, 0.4) is 0 Å². The summed E-state index contributed by atoms with van der Waals surface area (Å²) in [6, 6.07) is 0. The third-order valence-electron chi connectivity index (χ3n) is 1.14. The molecule has 0 aliphatic carbocycles. The van der Waals surface area contributed by atoms with Crippen LogP contribution < -0.4 is 0 Å². The summed E-state index contributed by atoms with van der Waals surface area (Å²) < 4.78 is 0. The number of nitrogens with zero attached hydrogens (tertiary/aromatic N) is 1. The molecule has 0 radical (unpaired) electrons. The Labute approximate surface area is 72.4 Å². The highest BCUT2D eigenvalue weighted by atomic mass is 32.2. The molecule has 0 saturated carbocycles. The molecule has 0 aromatic heterocycles. The molecule has 2 nitrogen and oxygen atoms in total. The normalized spacial score (nSPS) is 12.8. The maximum Gasteiger partial charge on any atom is 0.0585 e.